The molecule has 0 amide bonds. The Bertz CT molecular complexity index is 790. The summed E-state index contributed by atoms with van der Waals surface area (Å²) in [5.41, 5.74) is 4.73. The van der Waals surface area contributed by atoms with Crippen LogP contribution in [0, 0.1) is 13.8 Å². The molecule has 0 bridgehead atoms. The molecule has 0 radical (unpaired) electrons. The molecular weight excluding hydrogens is 306 g/mol. The number of aryl methyl sites for hydroxylation is 1. The van der Waals surface area contributed by atoms with Crippen molar-refractivity contribution in [1.82, 2.24) is 0 Å². The summed E-state index contributed by atoms with van der Waals surface area (Å²) in [5.74, 6) is 1.86. The monoisotopic (exact) mass is 326 g/mol. The van der Waals surface area contributed by atoms with Crippen LogP contribution in [-0.4, -0.2) is 0 Å². The average Bonchev–Trinajstić information content (AvgIpc) is 3.01. The van der Waals surface area contributed by atoms with Crippen LogP contribution in [0.4, 0.5) is 0 Å². The number of benzene rings is 2. The molecular formula is C20H21ClNO+. The first-order chi connectivity index (χ1) is 11.1. The molecule has 3 heteroatoms. The number of nitrogens with two attached hydrogens (primary N) is 1. The van der Waals surface area contributed by atoms with E-state index in [-0.39, 0.29) is 0 Å². The van der Waals surface area contributed by atoms with Crippen molar-refractivity contribution in [2.24, 2.45) is 0 Å². The maximum Gasteiger partial charge on any atom is 0.158 e. The normalized spacial score (nSPS) is 10.9. The summed E-state index contributed by atoms with van der Waals surface area (Å²) in [4.78, 5) is 0. The molecule has 0 saturated heterocycles. The highest BCUT2D eigenvalue weighted by Crippen LogP contribution is 2.29. The van der Waals surface area contributed by atoms with Crippen LogP contribution in [-0.2, 0) is 13.1 Å². The van der Waals surface area contributed by atoms with Crippen molar-refractivity contribution >= 4 is 11.6 Å². The van der Waals surface area contributed by atoms with Gasteiger partial charge in [-0.1, -0.05) is 53.6 Å². The summed E-state index contributed by atoms with van der Waals surface area (Å²) in [6.07, 6.45) is 0. The zero-order valence-electron chi connectivity index (χ0n) is 13.5. The van der Waals surface area contributed by atoms with E-state index in [0.717, 1.165) is 40.8 Å². The smallest absolute Gasteiger partial charge is 0.158 e. The zero-order valence-corrected chi connectivity index (χ0v) is 14.2. The molecule has 0 aliphatic carbocycles. The van der Waals surface area contributed by atoms with Crippen molar-refractivity contribution in [3.63, 3.8) is 0 Å². The van der Waals surface area contributed by atoms with Crippen LogP contribution in [0.2, 0.25) is 5.02 Å². The fraction of sp³-hybridized carbons (Fsp3) is 0.200. The molecule has 0 fully saturated rings. The maximum absolute atomic E-state index is 6.19. The minimum Gasteiger partial charge on any atom is -0.455 e. The first-order valence-electron chi connectivity index (χ1n) is 7.85. The van der Waals surface area contributed by atoms with Crippen LogP contribution in [0.25, 0.3) is 11.3 Å². The van der Waals surface area contributed by atoms with E-state index in [2.05, 4.69) is 36.5 Å². The van der Waals surface area contributed by atoms with Crippen molar-refractivity contribution in [2.45, 2.75) is 26.9 Å². The fourth-order valence-corrected chi connectivity index (χ4v) is 2.79. The number of hydrogen-bond acceptors (Lipinski definition) is 1. The predicted octanol–water partition coefficient (Wildman–Crippen LogP) is 4.48. The van der Waals surface area contributed by atoms with Crippen molar-refractivity contribution in [2.75, 3.05) is 0 Å². The Hall–Kier alpha value is -2.03. The van der Waals surface area contributed by atoms with Crippen molar-refractivity contribution in [3.8, 4) is 11.3 Å². The third-order valence-electron chi connectivity index (χ3n) is 4.04. The van der Waals surface area contributed by atoms with Gasteiger partial charge in [0.1, 0.15) is 18.8 Å². The standard InChI is InChI=1S/C20H20ClNO/c1-14-6-8-16(9-7-14)12-22-13-17-10-11-20(23-17)18-4-3-5-19(21)15(18)2/h3-11,22H,12-13H2,1-2H3/p+1. The van der Waals surface area contributed by atoms with Crippen LogP contribution in [0.15, 0.2) is 59.0 Å². The Kier molecular flexibility index (Phi) is 4.85. The van der Waals surface area contributed by atoms with E-state index < -0.39 is 0 Å². The lowest BCUT2D eigenvalue weighted by Gasteiger charge is -2.04. The van der Waals surface area contributed by atoms with E-state index in [9.17, 15) is 0 Å². The van der Waals surface area contributed by atoms with Gasteiger partial charge in [-0.15, -0.1) is 0 Å². The molecule has 0 saturated carbocycles. The van der Waals surface area contributed by atoms with Crippen LogP contribution in [0.5, 0.6) is 0 Å². The highest BCUT2D eigenvalue weighted by Gasteiger charge is 2.10. The molecule has 0 aliphatic rings. The topological polar surface area (TPSA) is 29.8 Å². The highest BCUT2D eigenvalue weighted by molar-refractivity contribution is 6.31. The lowest BCUT2D eigenvalue weighted by molar-refractivity contribution is -0.687. The largest absolute Gasteiger partial charge is 0.455 e. The Morgan fingerprint density at radius 2 is 1.70 bits per heavy atom. The first-order valence-corrected chi connectivity index (χ1v) is 8.22. The first kappa shape index (κ1) is 15.9. The van der Waals surface area contributed by atoms with Crippen LogP contribution >= 0.6 is 11.6 Å². The molecule has 0 spiro atoms. The molecule has 0 unspecified atom stereocenters. The van der Waals surface area contributed by atoms with Gasteiger partial charge in [-0.25, -0.2) is 0 Å². The van der Waals surface area contributed by atoms with E-state index in [1.165, 1.54) is 11.1 Å². The van der Waals surface area contributed by atoms with Gasteiger partial charge in [0, 0.05) is 16.1 Å². The second-order valence-electron chi connectivity index (χ2n) is 5.86. The van der Waals surface area contributed by atoms with E-state index in [1.807, 2.05) is 37.3 Å². The minimum absolute atomic E-state index is 0.770. The predicted molar refractivity (Wildman–Crippen MR) is 94.4 cm³/mol. The van der Waals surface area contributed by atoms with Gasteiger partial charge in [0.05, 0.1) is 0 Å². The molecule has 2 N–H and O–H groups in total. The zero-order chi connectivity index (χ0) is 16.2. The van der Waals surface area contributed by atoms with Gasteiger partial charge in [-0.05, 0) is 37.6 Å². The van der Waals surface area contributed by atoms with E-state index in [4.69, 9.17) is 16.0 Å². The minimum atomic E-state index is 0.770. The Morgan fingerprint density at radius 1 is 0.913 bits per heavy atom. The SMILES string of the molecule is Cc1ccc(C[NH2+]Cc2ccc(-c3cccc(Cl)c3C)o2)cc1. The molecule has 23 heavy (non-hydrogen) atoms. The van der Waals surface area contributed by atoms with Crippen molar-refractivity contribution < 1.29 is 9.73 Å². The summed E-state index contributed by atoms with van der Waals surface area (Å²) < 4.78 is 5.97. The van der Waals surface area contributed by atoms with Crippen molar-refractivity contribution in [3.05, 3.63) is 82.1 Å². The number of rotatable bonds is 5. The number of furan rings is 1. The highest BCUT2D eigenvalue weighted by atomic mass is 35.5. The summed E-state index contributed by atoms with van der Waals surface area (Å²) >= 11 is 6.19. The van der Waals surface area contributed by atoms with E-state index in [0.29, 0.717) is 0 Å². The van der Waals surface area contributed by atoms with Gasteiger partial charge in [-0.3, -0.25) is 0 Å². The van der Waals surface area contributed by atoms with Gasteiger partial charge >= 0.3 is 0 Å². The molecule has 3 aromatic rings. The average molecular weight is 327 g/mol. The number of halogens is 1. The Balaban J connectivity index is 1.63. The lowest BCUT2D eigenvalue weighted by Crippen LogP contribution is -2.80. The molecule has 0 aliphatic heterocycles. The van der Waals surface area contributed by atoms with Gasteiger partial charge in [0.2, 0.25) is 0 Å². The molecule has 118 valence electrons. The fourth-order valence-electron chi connectivity index (χ4n) is 2.61. The van der Waals surface area contributed by atoms with Gasteiger partial charge in [0.25, 0.3) is 0 Å². The molecule has 2 aromatic carbocycles. The summed E-state index contributed by atoms with van der Waals surface area (Å²) in [6, 6.07) is 18.6. The number of quaternary nitrogens is 1. The second-order valence-corrected chi connectivity index (χ2v) is 6.27. The summed E-state index contributed by atoms with van der Waals surface area (Å²) in [7, 11) is 0. The van der Waals surface area contributed by atoms with Crippen LogP contribution in [0.3, 0.4) is 0 Å². The Morgan fingerprint density at radius 3 is 2.48 bits per heavy atom. The van der Waals surface area contributed by atoms with Crippen molar-refractivity contribution in [1.29, 1.82) is 0 Å². The third-order valence-corrected chi connectivity index (χ3v) is 4.45. The molecule has 0 atom stereocenters. The molecule has 1 aromatic heterocycles. The van der Waals surface area contributed by atoms with Gasteiger partial charge in [-0.2, -0.15) is 0 Å². The van der Waals surface area contributed by atoms with E-state index >= 15 is 0 Å². The summed E-state index contributed by atoms with van der Waals surface area (Å²) in [5, 5.41) is 3.02. The third kappa shape index (κ3) is 3.84. The second kappa shape index (κ2) is 7.03. The van der Waals surface area contributed by atoms with Crippen LogP contribution in [0.1, 0.15) is 22.5 Å². The maximum atomic E-state index is 6.19. The van der Waals surface area contributed by atoms with Gasteiger partial charge in [0.15, 0.2) is 5.76 Å². The summed E-state index contributed by atoms with van der Waals surface area (Å²) in [6.45, 7) is 5.90. The van der Waals surface area contributed by atoms with Crippen LogP contribution < -0.4 is 5.32 Å². The molecule has 1 heterocycles. The number of hydrogen-bond donors (Lipinski definition) is 1. The molecule has 2 nitrogen and oxygen atoms in total. The lowest BCUT2D eigenvalue weighted by atomic mass is 10.1. The Labute approximate surface area is 142 Å². The quantitative estimate of drug-likeness (QED) is 0.736. The molecule has 3 rings (SSSR count). The van der Waals surface area contributed by atoms with Gasteiger partial charge < -0.3 is 9.73 Å². The van der Waals surface area contributed by atoms with E-state index in [1.54, 1.807) is 0 Å².